The second kappa shape index (κ2) is 5.73. The fourth-order valence-electron chi connectivity index (χ4n) is 1.88. The summed E-state index contributed by atoms with van der Waals surface area (Å²) >= 11 is 0. The molecule has 6 nitrogen and oxygen atoms in total. The Balaban J connectivity index is 2.02. The maximum Gasteiger partial charge on any atom is 0.262 e. The van der Waals surface area contributed by atoms with Crippen LogP contribution in [-0.2, 0) is 9.59 Å². The van der Waals surface area contributed by atoms with Crippen LogP contribution in [0.4, 0.5) is 11.4 Å². The third-order valence-corrected chi connectivity index (χ3v) is 3.41. The minimum Gasteiger partial charge on any atom is -0.482 e. The molecular formula is C15H21N3O3. The van der Waals surface area contributed by atoms with Gasteiger partial charge >= 0.3 is 0 Å². The van der Waals surface area contributed by atoms with Crippen LogP contribution in [0.3, 0.4) is 0 Å². The van der Waals surface area contributed by atoms with E-state index in [1.54, 1.807) is 18.2 Å². The summed E-state index contributed by atoms with van der Waals surface area (Å²) in [6.45, 7) is 6.00. The first-order chi connectivity index (χ1) is 9.75. The number of anilines is 2. The highest BCUT2D eigenvalue weighted by molar-refractivity contribution is 5.97. The van der Waals surface area contributed by atoms with Gasteiger partial charge in [-0.2, -0.15) is 0 Å². The van der Waals surface area contributed by atoms with E-state index in [1.165, 1.54) is 0 Å². The molecule has 0 radical (unpaired) electrons. The van der Waals surface area contributed by atoms with E-state index in [0.29, 0.717) is 17.1 Å². The molecule has 0 aliphatic carbocycles. The van der Waals surface area contributed by atoms with Gasteiger partial charge in [-0.05, 0) is 23.6 Å². The second-order valence-corrected chi connectivity index (χ2v) is 6.27. The Bertz CT molecular complexity index is 564. The van der Waals surface area contributed by atoms with Crippen molar-refractivity contribution in [1.82, 2.24) is 0 Å². The quantitative estimate of drug-likeness (QED) is 0.790. The molecule has 1 aromatic carbocycles. The molecule has 1 atom stereocenters. The van der Waals surface area contributed by atoms with Crippen LogP contribution in [-0.4, -0.2) is 24.5 Å². The third kappa shape index (κ3) is 3.95. The van der Waals surface area contributed by atoms with Crippen molar-refractivity contribution in [3.63, 3.8) is 0 Å². The van der Waals surface area contributed by atoms with Gasteiger partial charge in [-0.3, -0.25) is 9.59 Å². The standard InChI is InChI=1S/C15H21N3O3/c1-15(2,3)12(16)7-13(19)17-9-4-5-11-10(6-9)18-14(20)8-21-11/h4-6,12H,7-8,16H2,1-3H3,(H,17,19)(H,18,20). The van der Waals surface area contributed by atoms with Gasteiger partial charge in [0.05, 0.1) is 5.69 Å². The van der Waals surface area contributed by atoms with Crippen LogP contribution in [0, 0.1) is 5.41 Å². The number of hydrogen-bond acceptors (Lipinski definition) is 4. The van der Waals surface area contributed by atoms with Crippen molar-refractivity contribution in [1.29, 1.82) is 0 Å². The van der Waals surface area contributed by atoms with E-state index >= 15 is 0 Å². The van der Waals surface area contributed by atoms with E-state index in [0.717, 1.165) is 0 Å². The Kier molecular flexibility index (Phi) is 4.18. The Morgan fingerprint density at radius 1 is 1.48 bits per heavy atom. The van der Waals surface area contributed by atoms with E-state index in [-0.39, 0.29) is 36.3 Å². The molecule has 0 bridgehead atoms. The van der Waals surface area contributed by atoms with Crippen LogP contribution >= 0.6 is 0 Å². The first-order valence-corrected chi connectivity index (χ1v) is 6.88. The molecule has 4 N–H and O–H groups in total. The van der Waals surface area contributed by atoms with Crippen molar-refractivity contribution >= 4 is 23.2 Å². The molecule has 0 saturated carbocycles. The zero-order valence-electron chi connectivity index (χ0n) is 12.5. The molecular weight excluding hydrogens is 270 g/mol. The Labute approximate surface area is 124 Å². The third-order valence-electron chi connectivity index (χ3n) is 3.41. The lowest BCUT2D eigenvalue weighted by molar-refractivity contribution is -0.118. The van der Waals surface area contributed by atoms with Crippen LogP contribution in [0.2, 0.25) is 0 Å². The summed E-state index contributed by atoms with van der Waals surface area (Å²) in [5.74, 6) is 0.236. The van der Waals surface area contributed by atoms with Crippen molar-refractivity contribution in [3.8, 4) is 5.75 Å². The normalized spacial score (nSPS) is 15.5. The Morgan fingerprint density at radius 3 is 2.86 bits per heavy atom. The molecule has 0 fully saturated rings. The number of nitrogens with one attached hydrogen (secondary N) is 2. The number of carbonyl (C=O) groups excluding carboxylic acids is 2. The van der Waals surface area contributed by atoms with E-state index in [9.17, 15) is 9.59 Å². The predicted octanol–water partition coefficient (Wildman–Crippen LogP) is 1.72. The van der Waals surface area contributed by atoms with E-state index in [1.807, 2.05) is 20.8 Å². The average Bonchev–Trinajstić information content (AvgIpc) is 2.36. The highest BCUT2D eigenvalue weighted by atomic mass is 16.5. The molecule has 0 saturated heterocycles. The number of amides is 2. The van der Waals surface area contributed by atoms with Crippen LogP contribution in [0.25, 0.3) is 0 Å². The molecule has 0 aromatic heterocycles. The van der Waals surface area contributed by atoms with Crippen molar-refractivity contribution in [3.05, 3.63) is 18.2 Å². The molecule has 1 heterocycles. The minimum atomic E-state index is -0.224. The molecule has 6 heteroatoms. The molecule has 2 rings (SSSR count). The Morgan fingerprint density at radius 2 is 2.19 bits per heavy atom. The fourth-order valence-corrected chi connectivity index (χ4v) is 1.88. The number of ether oxygens (including phenoxy) is 1. The maximum absolute atomic E-state index is 12.0. The van der Waals surface area contributed by atoms with Gasteiger partial charge in [0.1, 0.15) is 5.75 Å². The smallest absolute Gasteiger partial charge is 0.262 e. The minimum absolute atomic E-state index is 0.0130. The van der Waals surface area contributed by atoms with Crippen LogP contribution in [0.5, 0.6) is 5.75 Å². The summed E-state index contributed by atoms with van der Waals surface area (Å²) in [5, 5.41) is 5.48. The average molecular weight is 291 g/mol. The van der Waals surface area contributed by atoms with Crippen molar-refractivity contribution in [2.45, 2.75) is 33.2 Å². The Hall–Kier alpha value is -2.08. The van der Waals surface area contributed by atoms with E-state index in [4.69, 9.17) is 10.5 Å². The van der Waals surface area contributed by atoms with E-state index < -0.39 is 0 Å². The van der Waals surface area contributed by atoms with Gasteiger partial charge in [0.2, 0.25) is 5.91 Å². The number of fused-ring (bicyclic) bond motifs is 1. The summed E-state index contributed by atoms with van der Waals surface area (Å²) in [7, 11) is 0. The number of nitrogens with two attached hydrogens (primary N) is 1. The van der Waals surface area contributed by atoms with Gasteiger partial charge < -0.3 is 21.1 Å². The lowest BCUT2D eigenvalue weighted by Crippen LogP contribution is -2.38. The van der Waals surface area contributed by atoms with Crippen molar-refractivity contribution < 1.29 is 14.3 Å². The first-order valence-electron chi connectivity index (χ1n) is 6.88. The summed E-state index contributed by atoms with van der Waals surface area (Å²) in [5.41, 5.74) is 7.03. The number of hydrogen-bond donors (Lipinski definition) is 3. The second-order valence-electron chi connectivity index (χ2n) is 6.27. The molecule has 2 amide bonds. The molecule has 1 aromatic rings. The molecule has 1 unspecified atom stereocenters. The first kappa shape index (κ1) is 15.3. The number of rotatable bonds is 3. The van der Waals surface area contributed by atoms with Gasteiger partial charge in [0.15, 0.2) is 6.61 Å². The predicted molar refractivity (Wildman–Crippen MR) is 81.2 cm³/mol. The summed E-state index contributed by atoms with van der Waals surface area (Å²) < 4.78 is 5.26. The fraction of sp³-hybridized carbons (Fsp3) is 0.467. The van der Waals surface area contributed by atoms with Crippen molar-refractivity contribution in [2.75, 3.05) is 17.2 Å². The summed E-state index contributed by atoms with van der Waals surface area (Å²) in [6.07, 6.45) is 0.240. The summed E-state index contributed by atoms with van der Waals surface area (Å²) in [6, 6.07) is 4.90. The highest BCUT2D eigenvalue weighted by Gasteiger charge is 2.23. The highest BCUT2D eigenvalue weighted by Crippen LogP contribution is 2.30. The van der Waals surface area contributed by atoms with Gasteiger partial charge in [0, 0.05) is 18.2 Å². The maximum atomic E-state index is 12.0. The topological polar surface area (TPSA) is 93.5 Å². The lowest BCUT2D eigenvalue weighted by atomic mass is 9.85. The number of carbonyl (C=O) groups is 2. The molecule has 1 aliphatic heterocycles. The van der Waals surface area contributed by atoms with Crippen LogP contribution < -0.4 is 21.1 Å². The molecule has 1 aliphatic rings. The molecule has 21 heavy (non-hydrogen) atoms. The zero-order valence-corrected chi connectivity index (χ0v) is 12.5. The van der Waals surface area contributed by atoms with Gasteiger partial charge in [-0.15, -0.1) is 0 Å². The largest absolute Gasteiger partial charge is 0.482 e. The SMILES string of the molecule is CC(C)(C)C(N)CC(=O)Nc1ccc2c(c1)NC(=O)CO2. The van der Waals surface area contributed by atoms with Crippen LogP contribution in [0.1, 0.15) is 27.2 Å². The van der Waals surface area contributed by atoms with E-state index in [2.05, 4.69) is 10.6 Å². The van der Waals surface area contributed by atoms with Gasteiger partial charge in [0.25, 0.3) is 5.91 Å². The molecule has 0 spiro atoms. The lowest BCUT2D eigenvalue weighted by Gasteiger charge is -2.26. The van der Waals surface area contributed by atoms with Crippen molar-refractivity contribution in [2.24, 2.45) is 11.1 Å². The number of benzene rings is 1. The zero-order chi connectivity index (χ0) is 15.6. The molecule has 114 valence electrons. The summed E-state index contributed by atoms with van der Waals surface area (Å²) in [4.78, 5) is 23.3. The monoisotopic (exact) mass is 291 g/mol. The van der Waals surface area contributed by atoms with Gasteiger partial charge in [-0.1, -0.05) is 20.8 Å². The van der Waals surface area contributed by atoms with Crippen LogP contribution in [0.15, 0.2) is 18.2 Å². The van der Waals surface area contributed by atoms with Gasteiger partial charge in [-0.25, -0.2) is 0 Å².